The summed E-state index contributed by atoms with van der Waals surface area (Å²) in [4.78, 5) is 15.8. The van der Waals surface area contributed by atoms with Gasteiger partial charge in [-0.25, -0.2) is 12.8 Å². The monoisotopic (exact) mass is 487 g/mol. The number of rotatable bonds is 6. The largest absolute Gasteiger partial charge is 0.416 e. The second-order valence-electron chi connectivity index (χ2n) is 8.13. The van der Waals surface area contributed by atoms with Gasteiger partial charge in [-0.3, -0.25) is 4.79 Å². The maximum atomic E-state index is 14.0. The van der Waals surface area contributed by atoms with Crippen molar-refractivity contribution in [1.29, 1.82) is 0 Å². The van der Waals surface area contributed by atoms with Gasteiger partial charge in [0.1, 0.15) is 16.8 Å². The van der Waals surface area contributed by atoms with E-state index in [1.165, 1.54) is 23.1 Å². The molecule has 1 aliphatic rings. The highest BCUT2D eigenvalue weighted by Crippen LogP contribution is 2.32. The molecule has 1 unspecified atom stereocenters. The molecule has 6 nitrogen and oxygen atoms in total. The van der Waals surface area contributed by atoms with Gasteiger partial charge in [0, 0.05) is 31.9 Å². The number of carbonyl (C=O) groups is 1. The molecule has 0 saturated carbocycles. The van der Waals surface area contributed by atoms with Gasteiger partial charge >= 0.3 is 6.18 Å². The molecular weight excluding hydrogens is 462 g/mol. The predicted octanol–water partition coefficient (Wildman–Crippen LogP) is 3.50. The second kappa shape index (κ2) is 9.68. The van der Waals surface area contributed by atoms with Crippen molar-refractivity contribution in [3.05, 3.63) is 59.9 Å². The van der Waals surface area contributed by atoms with Crippen LogP contribution in [0.15, 0.2) is 53.4 Å². The van der Waals surface area contributed by atoms with Crippen LogP contribution in [0.25, 0.3) is 0 Å². The molecule has 1 heterocycles. The third-order valence-electron chi connectivity index (χ3n) is 5.47. The summed E-state index contributed by atoms with van der Waals surface area (Å²) < 4.78 is 80.7. The topological polar surface area (TPSA) is 69.7 Å². The molecule has 2 aromatic carbocycles. The van der Waals surface area contributed by atoms with Gasteiger partial charge in [-0.05, 0) is 36.2 Å². The third kappa shape index (κ3) is 5.83. The van der Waals surface area contributed by atoms with Crippen LogP contribution in [0, 0.1) is 11.7 Å². The van der Waals surface area contributed by atoms with Gasteiger partial charge in [0.15, 0.2) is 0 Å². The minimum Gasteiger partial charge on any atom is -0.368 e. The zero-order chi connectivity index (χ0) is 24.4. The Morgan fingerprint density at radius 1 is 1.00 bits per heavy atom. The molecule has 11 heteroatoms. The molecule has 1 saturated heterocycles. The van der Waals surface area contributed by atoms with Crippen molar-refractivity contribution in [2.75, 3.05) is 31.1 Å². The molecule has 0 radical (unpaired) electrons. The molecule has 1 aliphatic heterocycles. The summed E-state index contributed by atoms with van der Waals surface area (Å²) in [7, 11) is -4.28. The van der Waals surface area contributed by atoms with Crippen LogP contribution >= 0.6 is 0 Å². The van der Waals surface area contributed by atoms with Gasteiger partial charge < -0.3 is 9.80 Å². The van der Waals surface area contributed by atoms with Gasteiger partial charge in [-0.1, -0.05) is 32.0 Å². The molecule has 0 bridgehead atoms. The van der Waals surface area contributed by atoms with Gasteiger partial charge in [0.25, 0.3) is 0 Å². The molecule has 0 spiro atoms. The van der Waals surface area contributed by atoms with Crippen molar-refractivity contribution >= 4 is 21.6 Å². The summed E-state index contributed by atoms with van der Waals surface area (Å²) >= 11 is 0. The summed E-state index contributed by atoms with van der Waals surface area (Å²) in [5, 5.41) is 0. The van der Waals surface area contributed by atoms with Crippen LogP contribution in [0.5, 0.6) is 0 Å². The van der Waals surface area contributed by atoms with E-state index in [0.29, 0.717) is 5.69 Å². The van der Waals surface area contributed by atoms with Crippen LogP contribution in [0.2, 0.25) is 0 Å². The standard InChI is InChI=1S/C22H25F4N3O3S/c1-15(2)20(27-33(31,32)19-9-4-3-8-18(19)23)21(30)29-12-10-28(11-13-29)17-7-5-6-16(14-17)22(24,25)26/h3-9,14-15,20,27H,10-13H2,1-2H3. The Labute approximate surface area is 190 Å². The summed E-state index contributed by atoms with van der Waals surface area (Å²) in [5.74, 6) is -1.80. The number of sulfonamides is 1. The lowest BCUT2D eigenvalue weighted by atomic mass is 10.0. The Bertz CT molecular complexity index is 1100. The third-order valence-corrected chi connectivity index (χ3v) is 6.95. The summed E-state index contributed by atoms with van der Waals surface area (Å²) in [6, 6.07) is 8.75. The molecule has 0 aliphatic carbocycles. The Morgan fingerprint density at radius 3 is 2.21 bits per heavy atom. The minimum atomic E-state index is -4.45. The first-order valence-corrected chi connectivity index (χ1v) is 11.9. The van der Waals surface area contributed by atoms with Crippen molar-refractivity contribution in [2.45, 2.75) is 31.0 Å². The zero-order valence-electron chi connectivity index (χ0n) is 18.1. The molecule has 33 heavy (non-hydrogen) atoms. The number of carbonyl (C=O) groups excluding carboxylic acids is 1. The van der Waals surface area contributed by atoms with Gasteiger partial charge in [0.2, 0.25) is 15.9 Å². The number of hydrogen-bond acceptors (Lipinski definition) is 4. The fourth-order valence-corrected chi connectivity index (χ4v) is 5.04. The van der Waals surface area contributed by atoms with E-state index in [-0.39, 0.29) is 26.2 Å². The SMILES string of the molecule is CC(C)C(NS(=O)(=O)c1ccccc1F)C(=O)N1CCN(c2cccc(C(F)(F)F)c2)CC1. The van der Waals surface area contributed by atoms with E-state index in [2.05, 4.69) is 4.72 Å². The number of halogens is 4. The van der Waals surface area contributed by atoms with E-state index in [9.17, 15) is 30.8 Å². The predicted molar refractivity (Wildman–Crippen MR) is 116 cm³/mol. The smallest absolute Gasteiger partial charge is 0.368 e. The van der Waals surface area contributed by atoms with Crippen molar-refractivity contribution in [1.82, 2.24) is 9.62 Å². The lowest BCUT2D eigenvalue weighted by molar-refractivity contribution is -0.137. The number of hydrogen-bond donors (Lipinski definition) is 1. The molecule has 3 rings (SSSR count). The van der Waals surface area contributed by atoms with Crippen molar-refractivity contribution in [3.63, 3.8) is 0 Å². The van der Waals surface area contributed by atoms with Crippen LogP contribution in [0.3, 0.4) is 0 Å². The Balaban J connectivity index is 1.70. The lowest BCUT2D eigenvalue weighted by Gasteiger charge is -2.38. The average molecular weight is 488 g/mol. The molecule has 1 fully saturated rings. The highest BCUT2D eigenvalue weighted by molar-refractivity contribution is 7.89. The maximum absolute atomic E-state index is 14.0. The van der Waals surface area contributed by atoms with E-state index in [0.717, 1.165) is 24.3 Å². The van der Waals surface area contributed by atoms with E-state index < -0.39 is 50.3 Å². The minimum absolute atomic E-state index is 0.208. The highest BCUT2D eigenvalue weighted by atomic mass is 32.2. The second-order valence-corrected chi connectivity index (χ2v) is 9.82. The summed E-state index contributed by atoms with van der Waals surface area (Å²) in [5.41, 5.74) is -0.349. The average Bonchev–Trinajstić information content (AvgIpc) is 2.77. The van der Waals surface area contributed by atoms with Gasteiger partial charge in [-0.15, -0.1) is 0 Å². The first kappa shape index (κ1) is 25.0. The molecule has 1 amide bonds. The van der Waals surface area contributed by atoms with E-state index in [1.54, 1.807) is 24.8 Å². The van der Waals surface area contributed by atoms with Crippen LogP contribution in [-0.2, 0) is 21.0 Å². The number of anilines is 1. The maximum Gasteiger partial charge on any atom is 0.416 e. The molecule has 180 valence electrons. The van der Waals surface area contributed by atoms with E-state index in [1.807, 2.05) is 0 Å². The van der Waals surface area contributed by atoms with Gasteiger partial charge in [-0.2, -0.15) is 17.9 Å². The molecule has 0 aromatic heterocycles. The first-order chi connectivity index (χ1) is 15.4. The number of alkyl halides is 3. The van der Waals surface area contributed by atoms with E-state index in [4.69, 9.17) is 0 Å². The number of amides is 1. The Kier molecular flexibility index (Phi) is 7.32. The van der Waals surface area contributed by atoms with Crippen molar-refractivity contribution in [2.24, 2.45) is 5.92 Å². The van der Waals surface area contributed by atoms with E-state index >= 15 is 0 Å². The number of piperazine rings is 1. The lowest BCUT2D eigenvalue weighted by Crippen LogP contribution is -2.56. The van der Waals surface area contributed by atoms with Crippen LogP contribution in [-0.4, -0.2) is 51.4 Å². The van der Waals surface area contributed by atoms with Crippen molar-refractivity contribution in [3.8, 4) is 0 Å². The number of nitrogens with one attached hydrogen (secondary N) is 1. The quantitative estimate of drug-likeness (QED) is 0.634. The summed E-state index contributed by atoms with van der Waals surface area (Å²) in [6.07, 6.45) is -4.45. The zero-order valence-corrected chi connectivity index (χ0v) is 19.0. The normalized spacial score (nSPS) is 16.2. The fourth-order valence-electron chi connectivity index (χ4n) is 3.63. The van der Waals surface area contributed by atoms with Crippen LogP contribution in [0.4, 0.5) is 23.2 Å². The first-order valence-electron chi connectivity index (χ1n) is 10.4. The molecule has 1 atom stereocenters. The number of benzene rings is 2. The molecular formula is C22H25F4N3O3S. The fraction of sp³-hybridized carbons (Fsp3) is 0.409. The Hall–Kier alpha value is -2.66. The van der Waals surface area contributed by atoms with Crippen LogP contribution in [0.1, 0.15) is 19.4 Å². The highest BCUT2D eigenvalue weighted by Gasteiger charge is 2.35. The number of nitrogens with zero attached hydrogens (tertiary/aromatic N) is 2. The van der Waals surface area contributed by atoms with Crippen molar-refractivity contribution < 1.29 is 30.8 Å². The molecule has 2 aromatic rings. The Morgan fingerprint density at radius 2 is 1.64 bits per heavy atom. The van der Waals surface area contributed by atoms with Crippen LogP contribution < -0.4 is 9.62 Å². The summed E-state index contributed by atoms with van der Waals surface area (Å²) in [6.45, 7) is 4.34. The molecule has 1 N–H and O–H groups in total. The van der Waals surface area contributed by atoms with Gasteiger partial charge in [0.05, 0.1) is 5.56 Å².